The predicted octanol–water partition coefficient (Wildman–Crippen LogP) is 2.97. The highest BCUT2D eigenvalue weighted by Crippen LogP contribution is 2.25. The van der Waals surface area contributed by atoms with Gasteiger partial charge in [-0.2, -0.15) is 9.49 Å². The lowest BCUT2D eigenvalue weighted by Crippen LogP contribution is -1.92. The Kier molecular flexibility index (Phi) is 8.37. The molecule has 0 aliphatic carbocycles. The number of nitro groups is 1. The van der Waals surface area contributed by atoms with Crippen LogP contribution in [0.2, 0.25) is 0 Å². The maximum atomic E-state index is 13.5. The average molecular weight is 313 g/mol. The van der Waals surface area contributed by atoms with Crippen LogP contribution in [0, 0.1) is 39.6 Å². The van der Waals surface area contributed by atoms with Crippen LogP contribution in [0.25, 0.3) is 11.1 Å². The van der Waals surface area contributed by atoms with Gasteiger partial charge in [-0.05, 0) is 28.8 Å². The molecule has 0 aliphatic heterocycles. The number of benzene rings is 2. The fraction of sp³-hybridized carbons (Fsp3) is 0. The number of nitriles is 2. The standard InChI is InChI=1S/C13H10FN3O2.2CHN/c14-12-7-11(5-6-13(12)17(18)19)10-3-1-9(2-4-10)8-16-15;2*1-2/h1-8H,15H2;2*1H. The fourth-order valence-electron chi connectivity index (χ4n) is 1.68. The first kappa shape index (κ1) is 19.2. The van der Waals surface area contributed by atoms with E-state index in [0.717, 1.165) is 23.3 Å². The van der Waals surface area contributed by atoms with Gasteiger partial charge in [0, 0.05) is 19.2 Å². The minimum absolute atomic E-state index is 0.532. The number of rotatable bonds is 3. The van der Waals surface area contributed by atoms with Gasteiger partial charge < -0.3 is 5.84 Å². The summed E-state index contributed by atoms with van der Waals surface area (Å²) in [6.45, 7) is 7.00. The van der Waals surface area contributed by atoms with Crippen molar-refractivity contribution < 1.29 is 9.31 Å². The van der Waals surface area contributed by atoms with E-state index in [1.807, 2.05) is 0 Å². The molecule has 0 saturated carbocycles. The van der Waals surface area contributed by atoms with E-state index in [0.29, 0.717) is 5.56 Å². The number of hydrogen-bond acceptors (Lipinski definition) is 6. The van der Waals surface area contributed by atoms with Crippen LogP contribution in [-0.2, 0) is 0 Å². The molecule has 2 aromatic carbocycles. The first-order chi connectivity index (χ1) is 11.1. The van der Waals surface area contributed by atoms with Gasteiger partial charge in [-0.1, -0.05) is 24.3 Å². The molecule has 0 amide bonds. The van der Waals surface area contributed by atoms with Crippen molar-refractivity contribution in [1.82, 2.24) is 0 Å². The lowest BCUT2D eigenvalue weighted by molar-refractivity contribution is -0.387. The number of hydrogen-bond donors (Lipinski definition) is 1. The summed E-state index contributed by atoms with van der Waals surface area (Å²) in [5.41, 5.74) is 1.60. The van der Waals surface area contributed by atoms with Crippen LogP contribution < -0.4 is 5.84 Å². The van der Waals surface area contributed by atoms with Gasteiger partial charge in [-0.25, -0.2) is 10.5 Å². The molecule has 7 nitrogen and oxygen atoms in total. The third kappa shape index (κ3) is 5.25. The first-order valence-corrected chi connectivity index (χ1v) is 5.91. The van der Waals surface area contributed by atoms with Crippen LogP contribution in [-0.4, -0.2) is 11.1 Å². The Morgan fingerprint density at radius 3 is 2.04 bits per heavy atom. The summed E-state index contributed by atoms with van der Waals surface area (Å²) in [6.07, 6.45) is 1.49. The zero-order chi connectivity index (χ0) is 17.8. The molecule has 0 aromatic heterocycles. The van der Waals surface area contributed by atoms with Crippen molar-refractivity contribution in [2.24, 2.45) is 10.9 Å². The van der Waals surface area contributed by atoms with Gasteiger partial charge in [0.15, 0.2) is 0 Å². The third-order valence-electron chi connectivity index (χ3n) is 2.61. The molecule has 23 heavy (non-hydrogen) atoms. The largest absolute Gasteiger partial charge is 0.323 e. The minimum atomic E-state index is -0.852. The van der Waals surface area contributed by atoms with Crippen molar-refractivity contribution in [3.8, 4) is 24.3 Å². The summed E-state index contributed by atoms with van der Waals surface area (Å²) >= 11 is 0. The highest BCUT2D eigenvalue weighted by atomic mass is 19.1. The summed E-state index contributed by atoms with van der Waals surface area (Å²) < 4.78 is 13.5. The van der Waals surface area contributed by atoms with Crippen molar-refractivity contribution in [3.63, 3.8) is 0 Å². The molecule has 0 saturated heterocycles. The quantitative estimate of drug-likeness (QED) is 0.403. The van der Waals surface area contributed by atoms with Gasteiger partial charge in [0.1, 0.15) is 0 Å². The number of nitrogens with two attached hydrogens (primary N) is 1. The maximum absolute atomic E-state index is 13.5. The Balaban J connectivity index is 0.00000112. The lowest BCUT2D eigenvalue weighted by atomic mass is 10.0. The summed E-state index contributed by atoms with van der Waals surface area (Å²) in [5.74, 6) is 4.18. The molecule has 0 bridgehead atoms. The van der Waals surface area contributed by atoms with Crippen LogP contribution in [0.4, 0.5) is 10.1 Å². The number of nitrogens with zero attached hydrogens (tertiary/aromatic N) is 4. The normalized spacial score (nSPS) is 9.09. The fourth-order valence-corrected chi connectivity index (χ4v) is 1.68. The van der Waals surface area contributed by atoms with Gasteiger partial charge in [0.25, 0.3) is 0 Å². The predicted molar refractivity (Wildman–Crippen MR) is 83.6 cm³/mol. The smallest absolute Gasteiger partial charge is 0.304 e. The summed E-state index contributed by atoms with van der Waals surface area (Å²) in [7, 11) is 0. The van der Waals surface area contributed by atoms with Crippen LogP contribution >= 0.6 is 0 Å². The Hall–Kier alpha value is -3.78. The number of halogens is 1. The topological polar surface area (TPSA) is 129 Å². The van der Waals surface area contributed by atoms with Crippen LogP contribution in [0.3, 0.4) is 0 Å². The van der Waals surface area contributed by atoms with E-state index in [1.54, 1.807) is 24.3 Å². The zero-order valence-corrected chi connectivity index (χ0v) is 11.8. The molecule has 0 heterocycles. The van der Waals surface area contributed by atoms with Gasteiger partial charge in [-0.3, -0.25) is 10.1 Å². The van der Waals surface area contributed by atoms with Gasteiger partial charge in [0.2, 0.25) is 5.82 Å². The molecule has 0 aliphatic rings. The first-order valence-electron chi connectivity index (χ1n) is 5.91. The van der Waals surface area contributed by atoms with E-state index in [2.05, 4.69) is 18.2 Å². The summed E-state index contributed by atoms with van der Waals surface area (Å²) in [6, 6.07) is 10.9. The minimum Gasteiger partial charge on any atom is -0.323 e. The van der Waals surface area contributed by atoms with Crippen LogP contribution in [0.15, 0.2) is 47.6 Å². The maximum Gasteiger partial charge on any atom is 0.304 e. The van der Waals surface area contributed by atoms with E-state index in [9.17, 15) is 14.5 Å². The third-order valence-corrected chi connectivity index (χ3v) is 2.61. The second-order valence-electron chi connectivity index (χ2n) is 3.82. The zero-order valence-electron chi connectivity index (χ0n) is 11.8. The highest BCUT2D eigenvalue weighted by Gasteiger charge is 2.14. The molecule has 0 atom stereocenters. The number of nitro benzene ring substituents is 1. The van der Waals surface area contributed by atoms with E-state index in [-0.39, 0.29) is 0 Å². The molecule has 0 unspecified atom stereocenters. The average Bonchev–Trinajstić information content (AvgIpc) is 2.59. The van der Waals surface area contributed by atoms with Gasteiger partial charge >= 0.3 is 5.69 Å². The number of hydrazone groups is 1. The molecule has 0 spiro atoms. The highest BCUT2D eigenvalue weighted by molar-refractivity contribution is 5.80. The SMILES string of the molecule is C#N.C#N.NN=Cc1ccc(-c2ccc([N+](=O)[O-])c(F)c2)cc1. The van der Waals surface area contributed by atoms with Crippen molar-refractivity contribution in [1.29, 1.82) is 10.5 Å². The molecule has 8 heteroatoms. The molecular weight excluding hydrogens is 301 g/mol. The van der Waals surface area contributed by atoms with E-state index in [1.165, 1.54) is 12.3 Å². The molecule has 2 aromatic rings. The van der Waals surface area contributed by atoms with E-state index < -0.39 is 16.4 Å². The van der Waals surface area contributed by atoms with Crippen molar-refractivity contribution in [2.75, 3.05) is 0 Å². The molecule has 2 N–H and O–H groups in total. The summed E-state index contributed by atoms with van der Waals surface area (Å²) in [4.78, 5) is 9.78. The summed E-state index contributed by atoms with van der Waals surface area (Å²) in [5, 5.41) is 26.9. The second kappa shape index (κ2) is 10.0. The molecule has 116 valence electrons. The van der Waals surface area contributed by atoms with Crippen LogP contribution in [0.5, 0.6) is 0 Å². The molecule has 2 rings (SSSR count). The molecule has 0 fully saturated rings. The Morgan fingerprint density at radius 1 is 1.09 bits per heavy atom. The van der Waals surface area contributed by atoms with E-state index >= 15 is 0 Å². The monoisotopic (exact) mass is 313 g/mol. The van der Waals surface area contributed by atoms with Crippen LogP contribution in [0.1, 0.15) is 5.56 Å². The Morgan fingerprint density at radius 2 is 1.61 bits per heavy atom. The van der Waals surface area contributed by atoms with Crippen molar-refractivity contribution in [3.05, 3.63) is 64.0 Å². The second-order valence-corrected chi connectivity index (χ2v) is 3.82. The van der Waals surface area contributed by atoms with Gasteiger partial charge in [-0.15, -0.1) is 0 Å². The molecular formula is C15H12FN5O2. The Bertz CT molecular complexity index is 718. The Labute approximate surface area is 131 Å². The van der Waals surface area contributed by atoms with E-state index in [4.69, 9.17) is 16.4 Å². The molecule has 0 radical (unpaired) electrons. The van der Waals surface area contributed by atoms with Crippen molar-refractivity contribution in [2.45, 2.75) is 0 Å². The lowest BCUT2D eigenvalue weighted by Gasteiger charge is -2.03. The van der Waals surface area contributed by atoms with Crippen molar-refractivity contribution >= 4 is 11.9 Å². The van der Waals surface area contributed by atoms with Gasteiger partial charge in [0.05, 0.1) is 11.1 Å².